The van der Waals surface area contributed by atoms with Gasteiger partial charge in [-0.05, 0) is 49.2 Å². The number of halogens is 1. The van der Waals surface area contributed by atoms with Crippen molar-refractivity contribution in [2.75, 3.05) is 26.2 Å². The Balaban J connectivity index is 0.000000218. The molecule has 7 heteroatoms. The Morgan fingerprint density at radius 3 is 1.58 bits per heavy atom. The molecule has 0 unspecified atom stereocenters. The van der Waals surface area contributed by atoms with E-state index >= 15 is 0 Å². The summed E-state index contributed by atoms with van der Waals surface area (Å²) in [6.07, 6.45) is 0.782. The van der Waals surface area contributed by atoms with Gasteiger partial charge in [-0.2, -0.15) is 0 Å². The van der Waals surface area contributed by atoms with Gasteiger partial charge in [0.15, 0.2) is 0 Å². The smallest absolute Gasteiger partial charge is 0.0834 e. The first kappa shape index (κ1) is 29.0. The number of nitrogens with zero attached hydrogens (tertiary/aromatic N) is 1. The molecule has 2 aliphatic heterocycles. The minimum atomic E-state index is 0. The summed E-state index contributed by atoms with van der Waals surface area (Å²) in [5.41, 5.74) is 2.70. The van der Waals surface area contributed by atoms with E-state index < -0.39 is 0 Å². The molecule has 2 aromatic carbocycles. The molecule has 0 atom stereocenters. The minimum absolute atomic E-state index is 0. The number of hydrogen-bond donors (Lipinski definition) is 1. The van der Waals surface area contributed by atoms with Gasteiger partial charge >= 0.3 is 0 Å². The molecule has 0 aliphatic carbocycles. The number of hydrogen-bond acceptors (Lipinski definition) is 6. The third kappa shape index (κ3) is 7.99. The van der Waals surface area contributed by atoms with Crippen molar-refractivity contribution in [3.8, 4) is 0 Å². The number of likely N-dealkylation sites (tertiary alicyclic amines) is 1. The van der Waals surface area contributed by atoms with E-state index in [4.69, 9.17) is 9.47 Å². The number of ether oxygens (including phenoxy) is 2. The number of thiophene rings is 2. The van der Waals surface area contributed by atoms with Crippen molar-refractivity contribution < 1.29 is 9.47 Å². The van der Waals surface area contributed by atoms with Crippen molar-refractivity contribution in [1.29, 1.82) is 0 Å². The van der Waals surface area contributed by atoms with Crippen molar-refractivity contribution >= 4 is 35.1 Å². The van der Waals surface area contributed by atoms with E-state index in [1.54, 1.807) is 0 Å². The standard InChI is InChI=1S/C22H23NOS.C9H13NOS.ClH/c1-17-12-13-21(25-17)16-24-20-14-23(15-20)22(18-8-4-2-5-9-18)19-10-6-3-7-11-19;1-7-2-3-9(12-7)6-11-8-4-10-5-8;/h2-13,20,22H,14-16H2,1H3;2-3,8,10H,4-6H2,1H3;1H. The van der Waals surface area contributed by atoms with Gasteiger partial charge in [-0.25, -0.2) is 0 Å². The Labute approximate surface area is 241 Å². The van der Waals surface area contributed by atoms with Gasteiger partial charge in [-0.3, -0.25) is 4.90 Å². The Bertz CT molecular complexity index is 1180. The molecule has 0 bridgehead atoms. The van der Waals surface area contributed by atoms with Gasteiger partial charge in [-0.1, -0.05) is 60.7 Å². The highest BCUT2D eigenvalue weighted by atomic mass is 35.5. The van der Waals surface area contributed by atoms with Gasteiger partial charge in [0.25, 0.3) is 0 Å². The van der Waals surface area contributed by atoms with Crippen LogP contribution in [0.1, 0.15) is 36.7 Å². The fourth-order valence-electron chi connectivity index (χ4n) is 4.58. The van der Waals surface area contributed by atoms with Crippen molar-refractivity contribution in [3.63, 3.8) is 0 Å². The van der Waals surface area contributed by atoms with Gasteiger partial charge in [0.05, 0.1) is 31.5 Å². The van der Waals surface area contributed by atoms with Crippen molar-refractivity contribution in [2.24, 2.45) is 0 Å². The second-order valence-electron chi connectivity index (χ2n) is 9.73. The van der Waals surface area contributed by atoms with Crippen LogP contribution in [0.5, 0.6) is 0 Å². The summed E-state index contributed by atoms with van der Waals surface area (Å²) >= 11 is 3.65. The molecule has 0 radical (unpaired) electrons. The van der Waals surface area contributed by atoms with Crippen LogP contribution in [-0.4, -0.2) is 43.3 Å². The third-order valence-corrected chi connectivity index (χ3v) is 8.68. The minimum Gasteiger partial charge on any atom is -0.370 e. The van der Waals surface area contributed by atoms with E-state index in [1.165, 1.54) is 30.6 Å². The maximum absolute atomic E-state index is 6.10. The molecule has 4 aromatic rings. The highest BCUT2D eigenvalue weighted by Crippen LogP contribution is 2.33. The second-order valence-corrected chi connectivity index (χ2v) is 12.5. The lowest BCUT2D eigenvalue weighted by Crippen LogP contribution is -2.53. The van der Waals surface area contributed by atoms with Crippen LogP contribution >= 0.6 is 35.1 Å². The third-order valence-electron chi connectivity index (χ3n) is 6.73. The fourth-order valence-corrected chi connectivity index (χ4v) is 6.20. The highest BCUT2D eigenvalue weighted by molar-refractivity contribution is 7.12. The molecular weight excluding hydrogens is 532 g/mol. The zero-order chi connectivity index (χ0) is 25.5. The highest BCUT2D eigenvalue weighted by Gasteiger charge is 2.34. The zero-order valence-corrected chi connectivity index (χ0v) is 24.5. The summed E-state index contributed by atoms with van der Waals surface area (Å²) in [6.45, 7) is 9.79. The Morgan fingerprint density at radius 1 is 0.711 bits per heavy atom. The number of nitrogens with one attached hydrogen (secondary N) is 1. The second kappa shape index (κ2) is 14.4. The molecule has 2 aromatic heterocycles. The molecule has 202 valence electrons. The predicted molar refractivity (Wildman–Crippen MR) is 162 cm³/mol. The lowest BCUT2D eigenvalue weighted by molar-refractivity contribution is -0.0733. The van der Waals surface area contributed by atoms with E-state index in [2.05, 4.69) is 109 Å². The van der Waals surface area contributed by atoms with E-state index in [0.717, 1.165) is 39.4 Å². The van der Waals surface area contributed by atoms with Gasteiger partial charge in [0.1, 0.15) is 0 Å². The first-order chi connectivity index (χ1) is 18.1. The zero-order valence-electron chi connectivity index (χ0n) is 22.0. The molecule has 1 N–H and O–H groups in total. The van der Waals surface area contributed by atoms with E-state index in [0.29, 0.717) is 18.2 Å². The summed E-state index contributed by atoms with van der Waals surface area (Å²) in [7, 11) is 0. The molecule has 2 fully saturated rings. The van der Waals surface area contributed by atoms with Crippen LogP contribution in [0.15, 0.2) is 84.9 Å². The van der Waals surface area contributed by atoms with Gasteiger partial charge in [-0.15, -0.1) is 35.1 Å². The average Bonchev–Trinajstić information content (AvgIpc) is 3.48. The summed E-state index contributed by atoms with van der Waals surface area (Å²) in [6, 6.07) is 30.5. The molecule has 38 heavy (non-hydrogen) atoms. The van der Waals surface area contributed by atoms with Gasteiger partial charge in [0, 0.05) is 45.7 Å². The molecule has 4 nitrogen and oxygen atoms in total. The maximum atomic E-state index is 6.10. The van der Waals surface area contributed by atoms with E-state index in [-0.39, 0.29) is 12.4 Å². The average molecular weight is 569 g/mol. The lowest BCUT2D eigenvalue weighted by Gasteiger charge is -2.44. The maximum Gasteiger partial charge on any atom is 0.0834 e. The molecule has 0 saturated carbocycles. The summed E-state index contributed by atoms with van der Waals surface area (Å²) in [4.78, 5) is 7.87. The topological polar surface area (TPSA) is 33.7 Å². The van der Waals surface area contributed by atoms with Crippen LogP contribution < -0.4 is 5.32 Å². The first-order valence-corrected chi connectivity index (χ1v) is 14.7. The molecule has 6 rings (SSSR count). The van der Waals surface area contributed by atoms with Crippen molar-refractivity contribution in [3.05, 3.63) is 116 Å². The van der Waals surface area contributed by atoms with Crippen molar-refractivity contribution in [2.45, 2.75) is 45.3 Å². The molecule has 2 aliphatic rings. The lowest BCUT2D eigenvalue weighted by atomic mass is 9.94. The van der Waals surface area contributed by atoms with Crippen LogP contribution in [0, 0.1) is 13.8 Å². The Morgan fingerprint density at radius 2 is 1.18 bits per heavy atom. The number of aryl methyl sites for hydroxylation is 2. The summed E-state index contributed by atoms with van der Waals surface area (Å²) in [5, 5.41) is 3.18. The van der Waals surface area contributed by atoms with Crippen LogP contribution in [0.4, 0.5) is 0 Å². The Hall–Kier alpha value is -2.03. The van der Waals surface area contributed by atoms with Gasteiger partial charge in [0.2, 0.25) is 0 Å². The van der Waals surface area contributed by atoms with Crippen LogP contribution in [0.2, 0.25) is 0 Å². The quantitative estimate of drug-likeness (QED) is 0.235. The van der Waals surface area contributed by atoms with Gasteiger partial charge < -0.3 is 14.8 Å². The van der Waals surface area contributed by atoms with Crippen molar-refractivity contribution in [1.82, 2.24) is 10.2 Å². The largest absolute Gasteiger partial charge is 0.370 e. The Kier molecular flexibility index (Phi) is 11.0. The van der Waals surface area contributed by atoms with E-state index in [9.17, 15) is 0 Å². The normalized spacial score (nSPS) is 15.8. The first-order valence-electron chi connectivity index (χ1n) is 13.0. The summed E-state index contributed by atoms with van der Waals surface area (Å²) < 4.78 is 11.7. The predicted octanol–water partition coefficient (Wildman–Crippen LogP) is 7.01. The number of rotatable bonds is 9. The summed E-state index contributed by atoms with van der Waals surface area (Å²) in [5.74, 6) is 0. The molecule has 2 saturated heterocycles. The molecule has 0 spiro atoms. The van der Waals surface area contributed by atoms with Crippen LogP contribution in [0.25, 0.3) is 0 Å². The molecular formula is C31H37ClN2O2S2. The van der Waals surface area contributed by atoms with Crippen LogP contribution in [0.3, 0.4) is 0 Å². The fraction of sp³-hybridized carbons (Fsp3) is 0.355. The van der Waals surface area contributed by atoms with E-state index in [1.807, 2.05) is 22.7 Å². The SMILES string of the molecule is Cc1ccc(COC2CN(C(c3ccccc3)c3ccccc3)C2)s1.Cc1ccc(COC2CNC2)s1.Cl. The monoisotopic (exact) mass is 568 g/mol. The molecule has 4 heterocycles. The van der Waals surface area contributed by atoms with Crippen LogP contribution in [-0.2, 0) is 22.7 Å². The number of benzene rings is 2. The molecule has 0 amide bonds.